The second-order valence-corrected chi connectivity index (χ2v) is 6.61. The third-order valence-electron chi connectivity index (χ3n) is 4.70. The van der Waals surface area contributed by atoms with Crippen molar-refractivity contribution >= 4 is 34.6 Å². The van der Waals surface area contributed by atoms with Crippen LogP contribution in [-0.4, -0.2) is 11.8 Å². The molecule has 1 heterocycles. The molecule has 0 unspecified atom stereocenters. The predicted molar refractivity (Wildman–Crippen MR) is 107 cm³/mol. The summed E-state index contributed by atoms with van der Waals surface area (Å²) in [4.78, 5) is 24.2. The molecule has 3 aromatic carbocycles. The molecular weight excluding hydrogens is 338 g/mol. The number of hydrogen-bond acceptors (Lipinski definition) is 4. The lowest BCUT2D eigenvalue weighted by Crippen LogP contribution is -2.19. The summed E-state index contributed by atoms with van der Waals surface area (Å²) < 4.78 is 0. The van der Waals surface area contributed by atoms with Crippen molar-refractivity contribution < 1.29 is 9.59 Å². The van der Waals surface area contributed by atoms with E-state index in [0.29, 0.717) is 11.1 Å². The van der Waals surface area contributed by atoms with Crippen molar-refractivity contribution in [3.63, 3.8) is 0 Å². The van der Waals surface area contributed by atoms with Gasteiger partial charge in [0.2, 0.25) is 0 Å². The molecular formula is C22H19N3O2. The van der Waals surface area contributed by atoms with Crippen LogP contribution in [0.25, 0.3) is 0 Å². The standard InChI is InChI=1S/C22H19N3O2/c1-13-7-3-5-9-17(13)23-19-11-15-16(22(27)25-21(15)26)12-20(19)24-18-10-6-4-8-14(18)2/h3-12,23-24H,1-2H3,(H,25,26,27). The van der Waals surface area contributed by atoms with Gasteiger partial charge in [0.15, 0.2) is 0 Å². The van der Waals surface area contributed by atoms with Gasteiger partial charge < -0.3 is 10.6 Å². The van der Waals surface area contributed by atoms with Crippen molar-refractivity contribution in [2.75, 3.05) is 10.6 Å². The van der Waals surface area contributed by atoms with Gasteiger partial charge in [-0.2, -0.15) is 0 Å². The minimum absolute atomic E-state index is 0.370. The van der Waals surface area contributed by atoms with Crippen molar-refractivity contribution in [1.29, 1.82) is 0 Å². The Labute approximate surface area is 157 Å². The number of carbonyl (C=O) groups is 2. The lowest BCUT2D eigenvalue weighted by atomic mass is 10.1. The first kappa shape index (κ1) is 16.8. The highest BCUT2D eigenvalue weighted by Crippen LogP contribution is 2.34. The summed E-state index contributed by atoms with van der Waals surface area (Å²) in [6.45, 7) is 4.03. The quantitative estimate of drug-likeness (QED) is 0.593. The van der Waals surface area contributed by atoms with Gasteiger partial charge in [-0.15, -0.1) is 0 Å². The van der Waals surface area contributed by atoms with Crippen LogP contribution in [0, 0.1) is 13.8 Å². The first-order valence-electron chi connectivity index (χ1n) is 8.72. The van der Waals surface area contributed by atoms with E-state index in [1.807, 2.05) is 62.4 Å². The molecule has 0 spiro atoms. The number of fused-ring (bicyclic) bond motifs is 1. The Morgan fingerprint density at radius 3 is 1.44 bits per heavy atom. The number of anilines is 4. The van der Waals surface area contributed by atoms with Crippen LogP contribution >= 0.6 is 0 Å². The van der Waals surface area contributed by atoms with Crippen LogP contribution in [0.5, 0.6) is 0 Å². The molecule has 1 aliphatic heterocycles. The van der Waals surface area contributed by atoms with E-state index in [9.17, 15) is 9.59 Å². The summed E-state index contributed by atoms with van der Waals surface area (Å²) in [7, 11) is 0. The Kier molecular flexibility index (Phi) is 4.12. The highest BCUT2D eigenvalue weighted by molar-refractivity contribution is 6.22. The molecule has 0 aromatic heterocycles. The maximum absolute atomic E-state index is 12.1. The second-order valence-electron chi connectivity index (χ2n) is 6.61. The highest BCUT2D eigenvalue weighted by atomic mass is 16.2. The van der Waals surface area contributed by atoms with Gasteiger partial charge >= 0.3 is 0 Å². The Bertz CT molecular complexity index is 988. The van der Waals surface area contributed by atoms with Gasteiger partial charge in [-0.25, -0.2) is 0 Å². The molecule has 0 atom stereocenters. The molecule has 0 bridgehead atoms. The summed E-state index contributed by atoms with van der Waals surface area (Å²) in [5, 5.41) is 9.14. The number of aryl methyl sites for hydroxylation is 2. The Balaban J connectivity index is 1.82. The molecule has 5 nitrogen and oxygen atoms in total. The fraction of sp³-hybridized carbons (Fsp3) is 0.0909. The van der Waals surface area contributed by atoms with Crippen molar-refractivity contribution in [3.8, 4) is 0 Å². The number of amides is 2. The molecule has 2 amide bonds. The first-order chi connectivity index (χ1) is 13.0. The van der Waals surface area contributed by atoms with Gasteiger partial charge in [0.25, 0.3) is 11.8 Å². The molecule has 0 saturated carbocycles. The van der Waals surface area contributed by atoms with E-state index >= 15 is 0 Å². The molecule has 0 radical (unpaired) electrons. The molecule has 0 saturated heterocycles. The molecule has 134 valence electrons. The summed E-state index contributed by atoms with van der Waals surface area (Å²) in [5.74, 6) is -0.740. The topological polar surface area (TPSA) is 70.2 Å². The summed E-state index contributed by atoms with van der Waals surface area (Å²) in [6.07, 6.45) is 0. The van der Waals surface area contributed by atoms with Crippen LogP contribution in [0.1, 0.15) is 31.8 Å². The number of para-hydroxylation sites is 2. The third-order valence-corrected chi connectivity index (χ3v) is 4.70. The SMILES string of the molecule is Cc1ccccc1Nc1cc2c(cc1Nc1ccccc1C)C(=O)NC2=O. The molecule has 1 aliphatic rings. The second kappa shape index (κ2) is 6.61. The highest BCUT2D eigenvalue weighted by Gasteiger charge is 2.28. The number of benzene rings is 3. The van der Waals surface area contributed by atoms with Crippen molar-refractivity contribution in [3.05, 3.63) is 82.9 Å². The molecule has 27 heavy (non-hydrogen) atoms. The lowest BCUT2D eigenvalue weighted by Gasteiger charge is -2.17. The number of imide groups is 1. The number of rotatable bonds is 4. The van der Waals surface area contributed by atoms with Crippen molar-refractivity contribution in [1.82, 2.24) is 5.32 Å². The van der Waals surface area contributed by atoms with Crippen LogP contribution < -0.4 is 16.0 Å². The maximum Gasteiger partial charge on any atom is 0.259 e. The van der Waals surface area contributed by atoms with Gasteiger partial charge in [0, 0.05) is 11.4 Å². The van der Waals surface area contributed by atoms with E-state index in [4.69, 9.17) is 0 Å². The van der Waals surface area contributed by atoms with Gasteiger partial charge in [-0.1, -0.05) is 36.4 Å². The van der Waals surface area contributed by atoms with E-state index in [1.54, 1.807) is 12.1 Å². The van der Waals surface area contributed by atoms with Gasteiger partial charge in [0.1, 0.15) is 0 Å². The zero-order valence-corrected chi connectivity index (χ0v) is 15.1. The van der Waals surface area contributed by atoms with Crippen LogP contribution in [0.15, 0.2) is 60.7 Å². The molecule has 4 rings (SSSR count). The first-order valence-corrected chi connectivity index (χ1v) is 8.72. The molecule has 3 N–H and O–H groups in total. The zero-order valence-electron chi connectivity index (χ0n) is 15.1. The van der Waals surface area contributed by atoms with E-state index in [-0.39, 0.29) is 11.8 Å². The number of carbonyl (C=O) groups excluding carboxylic acids is 2. The van der Waals surface area contributed by atoms with Crippen molar-refractivity contribution in [2.45, 2.75) is 13.8 Å². The summed E-state index contributed by atoms with van der Waals surface area (Å²) in [6, 6.07) is 19.3. The third kappa shape index (κ3) is 3.15. The average Bonchev–Trinajstić information content (AvgIpc) is 2.92. The van der Waals surface area contributed by atoms with Gasteiger partial charge in [-0.3, -0.25) is 14.9 Å². The van der Waals surface area contributed by atoms with E-state index in [2.05, 4.69) is 16.0 Å². The molecule has 3 aromatic rings. The van der Waals surface area contributed by atoms with Gasteiger partial charge in [0.05, 0.1) is 22.5 Å². The smallest absolute Gasteiger partial charge is 0.259 e. The van der Waals surface area contributed by atoms with E-state index < -0.39 is 0 Å². The Hall–Kier alpha value is -3.60. The predicted octanol–water partition coefficient (Wildman–Crippen LogP) is 4.67. The fourth-order valence-corrected chi connectivity index (χ4v) is 3.14. The monoisotopic (exact) mass is 357 g/mol. The molecule has 0 aliphatic carbocycles. The summed E-state index contributed by atoms with van der Waals surface area (Å²) >= 11 is 0. The van der Waals surface area contributed by atoms with Crippen LogP contribution in [0.2, 0.25) is 0 Å². The normalized spacial score (nSPS) is 12.5. The fourth-order valence-electron chi connectivity index (χ4n) is 3.14. The zero-order chi connectivity index (χ0) is 19.0. The largest absolute Gasteiger partial charge is 0.354 e. The molecule has 0 fully saturated rings. The van der Waals surface area contributed by atoms with Gasteiger partial charge in [-0.05, 0) is 49.2 Å². The minimum atomic E-state index is -0.370. The number of nitrogens with one attached hydrogen (secondary N) is 3. The van der Waals surface area contributed by atoms with E-state index in [1.165, 1.54) is 0 Å². The Morgan fingerprint density at radius 2 is 1.04 bits per heavy atom. The van der Waals surface area contributed by atoms with Crippen molar-refractivity contribution in [2.24, 2.45) is 0 Å². The summed E-state index contributed by atoms with van der Waals surface area (Å²) in [5.41, 5.74) is 6.27. The lowest BCUT2D eigenvalue weighted by molar-refractivity contribution is 0.0879. The maximum atomic E-state index is 12.1. The van der Waals surface area contributed by atoms with Crippen LogP contribution in [0.3, 0.4) is 0 Å². The Morgan fingerprint density at radius 1 is 0.630 bits per heavy atom. The minimum Gasteiger partial charge on any atom is -0.354 e. The van der Waals surface area contributed by atoms with Crippen LogP contribution in [0.4, 0.5) is 22.7 Å². The number of hydrogen-bond donors (Lipinski definition) is 3. The van der Waals surface area contributed by atoms with Crippen LogP contribution in [-0.2, 0) is 0 Å². The van der Waals surface area contributed by atoms with E-state index in [0.717, 1.165) is 33.9 Å². The molecule has 5 heteroatoms. The average molecular weight is 357 g/mol.